The van der Waals surface area contributed by atoms with Gasteiger partial charge in [-0.2, -0.15) is 0 Å². The first-order chi connectivity index (χ1) is 10.3. The second-order valence-electron chi connectivity index (χ2n) is 5.97. The molecule has 3 heteroatoms. The van der Waals surface area contributed by atoms with Gasteiger partial charge in [0.1, 0.15) is 0 Å². The maximum absolute atomic E-state index is 5.93. The third-order valence-electron chi connectivity index (χ3n) is 4.65. The van der Waals surface area contributed by atoms with Crippen LogP contribution in [-0.2, 0) is 0 Å². The molecule has 1 aromatic rings. The largest absolute Gasteiger partial charge is 0.490 e. The number of nitrogens with zero attached hydrogens (tertiary/aromatic N) is 1. The van der Waals surface area contributed by atoms with Crippen LogP contribution in [0.5, 0.6) is 11.5 Å². The Labute approximate surface area is 127 Å². The van der Waals surface area contributed by atoms with Crippen molar-refractivity contribution in [2.75, 3.05) is 20.3 Å². The van der Waals surface area contributed by atoms with E-state index in [1.807, 2.05) is 31.2 Å². The van der Waals surface area contributed by atoms with Gasteiger partial charge in [0.25, 0.3) is 0 Å². The fraction of sp³-hybridized carbons (Fsp3) is 0.556. The van der Waals surface area contributed by atoms with Crippen LogP contribution >= 0.6 is 0 Å². The third-order valence-corrected chi connectivity index (χ3v) is 4.65. The summed E-state index contributed by atoms with van der Waals surface area (Å²) in [5.41, 5.74) is 1.56. The first-order valence-electron chi connectivity index (χ1n) is 8.04. The van der Waals surface area contributed by atoms with Crippen molar-refractivity contribution in [3.63, 3.8) is 0 Å². The van der Waals surface area contributed by atoms with Gasteiger partial charge in [-0.3, -0.25) is 4.90 Å². The number of rotatable bonds is 6. The molecule has 2 aliphatic heterocycles. The maximum Gasteiger partial charge on any atom is 0.161 e. The third kappa shape index (κ3) is 3.24. The molecule has 21 heavy (non-hydrogen) atoms. The fourth-order valence-corrected chi connectivity index (χ4v) is 3.45. The summed E-state index contributed by atoms with van der Waals surface area (Å²) in [6, 6.07) is 9.34. The molecule has 0 amide bonds. The molecule has 2 atom stereocenters. The summed E-state index contributed by atoms with van der Waals surface area (Å²) in [4.78, 5) is 2.52. The Kier molecular flexibility index (Phi) is 4.49. The van der Waals surface area contributed by atoms with Crippen molar-refractivity contribution in [1.29, 1.82) is 0 Å². The van der Waals surface area contributed by atoms with Crippen LogP contribution < -0.4 is 9.47 Å². The molecule has 0 N–H and O–H groups in total. The Morgan fingerprint density at radius 1 is 1.14 bits per heavy atom. The van der Waals surface area contributed by atoms with E-state index < -0.39 is 0 Å². The molecule has 2 aliphatic rings. The highest BCUT2D eigenvalue weighted by Gasteiger charge is 2.33. The summed E-state index contributed by atoms with van der Waals surface area (Å²) in [6.45, 7) is 3.40. The van der Waals surface area contributed by atoms with Crippen LogP contribution in [0.3, 0.4) is 0 Å². The predicted molar refractivity (Wildman–Crippen MR) is 85.0 cm³/mol. The lowest BCUT2D eigenvalue weighted by molar-refractivity contribution is 0.244. The van der Waals surface area contributed by atoms with Crippen LogP contribution in [0, 0.1) is 0 Å². The van der Waals surface area contributed by atoms with Crippen molar-refractivity contribution in [3.8, 4) is 11.5 Å². The highest BCUT2D eigenvalue weighted by Crippen LogP contribution is 2.34. The van der Waals surface area contributed by atoms with Gasteiger partial charge >= 0.3 is 0 Å². The number of hydrogen-bond donors (Lipinski definition) is 0. The first kappa shape index (κ1) is 14.5. The van der Waals surface area contributed by atoms with E-state index in [0.717, 1.165) is 30.6 Å². The summed E-state index contributed by atoms with van der Waals surface area (Å²) >= 11 is 0. The molecule has 0 aliphatic carbocycles. The first-order valence-corrected chi connectivity index (χ1v) is 8.04. The van der Waals surface area contributed by atoms with Gasteiger partial charge in [0.05, 0.1) is 13.2 Å². The van der Waals surface area contributed by atoms with Crippen molar-refractivity contribution in [2.24, 2.45) is 0 Å². The SMILES string of the molecule is CCOc1ccccc1OCCC1=CC2CCC(C1)N2C. The zero-order valence-corrected chi connectivity index (χ0v) is 13.0. The summed E-state index contributed by atoms with van der Waals surface area (Å²) in [7, 11) is 2.25. The smallest absolute Gasteiger partial charge is 0.161 e. The van der Waals surface area contributed by atoms with Crippen LogP contribution in [0.25, 0.3) is 0 Å². The molecule has 3 rings (SSSR count). The van der Waals surface area contributed by atoms with Gasteiger partial charge in [0.2, 0.25) is 0 Å². The van der Waals surface area contributed by atoms with Crippen LogP contribution in [0.1, 0.15) is 32.6 Å². The van der Waals surface area contributed by atoms with E-state index in [-0.39, 0.29) is 0 Å². The number of ether oxygens (including phenoxy) is 2. The van der Waals surface area contributed by atoms with Crippen molar-refractivity contribution in [3.05, 3.63) is 35.9 Å². The molecule has 0 spiro atoms. The molecule has 2 unspecified atom stereocenters. The van der Waals surface area contributed by atoms with Crippen LogP contribution in [-0.4, -0.2) is 37.2 Å². The summed E-state index contributed by atoms with van der Waals surface area (Å²) in [6.07, 6.45) is 7.36. The monoisotopic (exact) mass is 287 g/mol. The van der Waals surface area contributed by atoms with Crippen molar-refractivity contribution in [2.45, 2.75) is 44.7 Å². The van der Waals surface area contributed by atoms with E-state index in [0.29, 0.717) is 12.6 Å². The molecule has 3 nitrogen and oxygen atoms in total. The van der Waals surface area contributed by atoms with Gasteiger partial charge in [-0.05, 0) is 45.4 Å². The summed E-state index contributed by atoms with van der Waals surface area (Å²) in [5.74, 6) is 1.70. The summed E-state index contributed by atoms with van der Waals surface area (Å²) in [5, 5.41) is 0. The van der Waals surface area contributed by atoms with Gasteiger partial charge in [0.15, 0.2) is 11.5 Å². The number of para-hydroxylation sites is 2. The van der Waals surface area contributed by atoms with Crippen LogP contribution in [0.4, 0.5) is 0 Å². The molecule has 0 saturated carbocycles. The van der Waals surface area contributed by atoms with Gasteiger partial charge < -0.3 is 9.47 Å². The zero-order valence-electron chi connectivity index (χ0n) is 13.0. The van der Waals surface area contributed by atoms with Crippen molar-refractivity contribution < 1.29 is 9.47 Å². The van der Waals surface area contributed by atoms with Gasteiger partial charge in [-0.1, -0.05) is 23.8 Å². The second-order valence-corrected chi connectivity index (χ2v) is 5.97. The lowest BCUT2D eigenvalue weighted by Gasteiger charge is -2.30. The number of fused-ring (bicyclic) bond motifs is 2. The van der Waals surface area contributed by atoms with E-state index in [4.69, 9.17) is 9.47 Å². The maximum atomic E-state index is 5.93. The van der Waals surface area contributed by atoms with Gasteiger partial charge in [-0.25, -0.2) is 0 Å². The molecule has 1 aromatic carbocycles. The standard InChI is InChI=1S/C18H25NO2/c1-3-20-17-6-4-5-7-18(17)21-11-10-14-12-15-8-9-16(13-14)19(15)2/h4-7,12,15-16H,3,8-11,13H2,1-2H3. The minimum Gasteiger partial charge on any atom is -0.490 e. The van der Waals surface area contributed by atoms with Crippen LogP contribution in [0.2, 0.25) is 0 Å². The topological polar surface area (TPSA) is 21.7 Å². The summed E-state index contributed by atoms with van der Waals surface area (Å²) < 4.78 is 11.5. The molecule has 1 fully saturated rings. The normalized spacial score (nSPS) is 24.8. The fourth-order valence-electron chi connectivity index (χ4n) is 3.45. The molecular formula is C18H25NO2. The Bertz CT molecular complexity index is 512. The quantitative estimate of drug-likeness (QED) is 0.746. The molecule has 0 aromatic heterocycles. The van der Waals surface area contributed by atoms with E-state index >= 15 is 0 Å². The Balaban J connectivity index is 1.54. The lowest BCUT2D eigenvalue weighted by atomic mass is 9.99. The van der Waals surface area contributed by atoms with E-state index in [9.17, 15) is 0 Å². The van der Waals surface area contributed by atoms with Gasteiger partial charge in [0, 0.05) is 18.5 Å². The number of likely N-dealkylation sites (N-methyl/N-ethyl adjacent to an activating group) is 1. The molecule has 2 heterocycles. The molecule has 2 bridgehead atoms. The Hall–Kier alpha value is -1.48. The van der Waals surface area contributed by atoms with E-state index in [1.165, 1.54) is 19.3 Å². The van der Waals surface area contributed by atoms with E-state index in [1.54, 1.807) is 5.57 Å². The zero-order chi connectivity index (χ0) is 14.7. The minimum atomic E-state index is 0.662. The molecule has 114 valence electrons. The van der Waals surface area contributed by atoms with E-state index in [2.05, 4.69) is 18.0 Å². The average molecular weight is 287 g/mol. The lowest BCUT2D eigenvalue weighted by Crippen LogP contribution is -2.35. The minimum absolute atomic E-state index is 0.662. The Morgan fingerprint density at radius 2 is 1.90 bits per heavy atom. The highest BCUT2D eigenvalue weighted by molar-refractivity contribution is 5.39. The van der Waals surface area contributed by atoms with Gasteiger partial charge in [-0.15, -0.1) is 0 Å². The Morgan fingerprint density at radius 3 is 2.62 bits per heavy atom. The number of hydrogen-bond acceptors (Lipinski definition) is 3. The number of benzene rings is 1. The van der Waals surface area contributed by atoms with Crippen molar-refractivity contribution >= 4 is 0 Å². The van der Waals surface area contributed by atoms with Crippen molar-refractivity contribution in [1.82, 2.24) is 4.90 Å². The molecule has 0 radical (unpaired) electrons. The second kappa shape index (κ2) is 6.52. The molecule has 1 saturated heterocycles. The van der Waals surface area contributed by atoms with Crippen LogP contribution in [0.15, 0.2) is 35.9 Å². The average Bonchev–Trinajstić information content (AvgIpc) is 2.72. The predicted octanol–water partition coefficient (Wildman–Crippen LogP) is 3.65. The highest BCUT2D eigenvalue weighted by atomic mass is 16.5. The molecular weight excluding hydrogens is 262 g/mol.